The van der Waals surface area contributed by atoms with Gasteiger partial charge in [0.1, 0.15) is 11.4 Å². The van der Waals surface area contributed by atoms with Gasteiger partial charge in [0.05, 0.1) is 0 Å². The van der Waals surface area contributed by atoms with Crippen molar-refractivity contribution >= 4 is 36.5 Å². The summed E-state index contributed by atoms with van der Waals surface area (Å²) in [6, 6.07) is 13.4. The molecule has 3 rings (SSSR count). The van der Waals surface area contributed by atoms with Crippen LogP contribution in [0.25, 0.3) is 0 Å². The van der Waals surface area contributed by atoms with Crippen LogP contribution in [0.5, 0.6) is 0 Å². The number of nitrogens with two attached hydrogens (primary N) is 1. The minimum absolute atomic E-state index is 0. The molecule has 0 radical (unpaired) electrons. The monoisotopic (exact) mass is 410 g/mol. The summed E-state index contributed by atoms with van der Waals surface area (Å²) in [6.45, 7) is 4.29. The van der Waals surface area contributed by atoms with Gasteiger partial charge in [-0.3, -0.25) is 4.79 Å². The van der Waals surface area contributed by atoms with Crippen LogP contribution in [-0.2, 0) is 16.9 Å². The third-order valence-electron chi connectivity index (χ3n) is 4.79. The van der Waals surface area contributed by atoms with Crippen LogP contribution in [0, 0.1) is 0 Å². The van der Waals surface area contributed by atoms with Gasteiger partial charge in [-0.05, 0) is 49.4 Å². The highest BCUT2D eigenvalue weighted by Gasteiger charge is 2.30. The van der Waals surface area contributed by atoms with E-state index >= 15 is 0 Å². The molecule has 1 aliphatic rings. The number of rotatable bonds is 5. The second kappa shape index (κ2) is 10.5. The van der Waals surface area contributed by atoms with E-state index in [2.05, 4.69) is 21.3 Å². The van der Waals surface area contributed by atoms with Crippen LogP contribution in [0.1, 0.15) is 37.3 Å². The van der Waals surface area contributed by atoms with E-state index in [0.717, 1.165) is 30.0 Å². The highest BCUT2D eigenvalue weighted by molar-refractivity contribution is 5.87. The Morgan fingerprint density at radius 1 is 1.15 bits per heavy atom. The Morgan fingerprint density at radius 3 is 2.48 bits per heavy atom. The lowest BCUT2D eigenvalue weighted by atomic mass is 9.92. The number of piperidine rings is 1. The van der Waals surface area contributed by atoms with Crippen LogP contribution in [0.15, 0.2) is 48.7 Å². The molecule has 0 aliphatic carbocycles. The summed E-state index contributed by atoms with van der Waals surface area (Å²) in [6.07, 6.45) is 5.53. The normalized spacial score (nSPS) is 15.7. The van der Waals surface area contributed by atoms with Crippen molar-refractivity contribution in [1.82, 2.24) is 10.3 Å². The largest absolute Gasteiger partial charge is 0.357 e. The van der Waals surface area contributed by atoms with Crippen LogP contribution in [0.4, 0.5) is 5.82 Å². The summed E-state index contributed by atoms with van der Waals surface area (Å²) in [5.41, 5.74) is 7.05. The summed E-state index contributed by atoms with van der Waals surface area (Å²) in [5, 5.41) is 2.96. The fourth-order valence-electron chi connectivity index (χ4n) is 3.15. The molecule has 1 atom stereocenters. The quantitative estimate of drug-likeness (QED) is 0.791. The Kier molecular flexibility index (Phi) is 9.03. The van der Waals surface area contributed by atoms with Gasteiger partial charge < -0.3 is 16.0 Å². The Labute approximate surface area is 173 Å². The molecule has 1 aliphatic heterocycles. The number of nitrogens with zero attached hydrogens (tertiary/aromatic N) is 2. The minimum Gasteiger partial charge on any atom is -0.357 e. The van der Waals surface area contributed by atoms with Gasteiger partial charge in [-0.25, -0.2) is 4.98 Å². The minimum atomic E-state index is -1.05. The number of hydrogen-bond acceptors (Lipinski definition) is 4. The third kappa shape index (κ3) is 5.83. The second-order valence-electron chi connectivity index (χ2n) is 6.82. The van der Waals surface area contributed by atoms with Gasteiger partial charge in [-0.1, -0.05) is 30.3 Å². The summed E-state index contributed by atoms with van der Waals surface area (Å²) in [4.78, 5) is 19.3. The van der Waals surface area contributed by atoms with Gasteiger partial charge in [-0.2, -0.15) is 0 Å². The van der Waals surface area contributed by atoms with Crippen LogP contribution in [0.3, 0.4) is 0 Å². The van der Waals surface area contributed by atoms with E-state index in [1.807, 2.05) is 42.6 Å². The predicted octanol–water partition coefficient (Wildman–Crippen LogP) is 3.41. The fraction of sp³-hybridized carbons (Fsp3) is 0.400. The molecular weight excluding hydrogens is 383 g/mol. The average Bonchev–Trinajstić information content (AvgIpc) is 2.67. The van der Waals surface area contributed by atoms with Gasteiger partial charge in [-0.15, -0.1) is 24.8 Å². The van der Waals surface area contributed by atoms with Gasteiger partial charge in [0.2, 0.25) is 5.91 Å². The van der Waals surface area contributed by atoms with Gasteiger partial charge in [0.15, 0.2) is 0 Å². The van der Waals surface area contributed by atoms with Crippen molar-refractivity contribution in [2.75, 3.05) is 18.0 Å². The Morgan fingerprint density at radius 2 is 1.81 bits per heavy atom. The van der Waals surface area contributed by atoms with E-state index in [9.17, 15) is 4.79 Å². The number of aromatic nitrogens is 1. The van der Waals surface area contributed by atoms with Gasteiger partial charge in [0, 0.05) is 25.8 Å². The first-order chi connectivity index (χ1) is 12.1. The first-order valence-corrected chi connectivity index (χ1v) is 8.90. The maximum Gasteiger partial charge on any atom is 0.244 e. The highest BCUT2D eigenvalue weighted by Crippen LogP contribution is 2.20. The molecule has 5 nitrogen and oxygen atoms in total. The van der Waals surface area contributed by atoms with Crippen molar-refractivity contribution in [3.8, 4) is 0 Å². The highest BCUT2D eigenvalue weighted by atomic mass is 35.5. The number of anilines is 1. The third-order valence-corrected chi connectivity index (χ3v) is 4.79. The number of pyridine rings is 1. The number of carbonyl (C=O) groups is 1. The number of hydrogen-bond donors (Lipinski definition) is 2. The molecule has 7 heteroatoms. The molecule has 0 spiro atoms. The zero-order valence-electron chi connectivity index (χ0n) is 15.6. The van der Waals surface area contributed by atoms with Crippen molar-refractivity contribution in [1.29, 1.82) is 0 Å². The molecule has 1 aromatic carbocycles. The van der Waals surface area contributed by atoms with Crippen LogP contribution in [-0.4, -0.2) is 24.0 Å². The maximum absolute atomic E-state index is 12.6. The van der Waals surface area contributed by atoms with E-state index in [-0.39, 0.29) is 30.7 Å². The first kappa shape index (κ1) is 23.2. The summed E-state index contributed by atoms with van der Waals surface area (Å²) >= 11 is 0. The molecule has 2 aromatic rings. The number of carbonyl (C=O) groups excluding carboxylic acids is 1. The lowest BCUT2D eigenvalue weighted by Gasteiger charge is -2.28. The van der Waals surface area contributed by atoms with Crippen LogP contribution in [0.2, 0.25) is 0 Å². The van der Waals surface area contributed by atoms with Crippen molar-refractivity contribution in [3.05, 3.63) is 59.8 Å². The zero-order valence-corrected chi connectivity index (χ0v) is 17.2. The number of nitrogens with one attached hydrogen (secondary N) is 1. The number of halogens is 2. The molecule has 0 bridgehead atoms. The summed E-state index contributed by atoms with van der Waals surface area (Å²) in [7, 11) is 0. The Bertz CT molecular complexity index is 719. The van der Waals surface area contributed by atoms with Gasteiger partial charge in [0.25, 0.3) is 0 Å². The molecule has 3 N–H and O–H groups in total. The molecule has 1 aromatic heterocycles. The Balaban J connectivity index is 0.00000182. The molecule has 0 saturated carbocycles. The smallest absolute Gasteiger partial charge is 0.244 e. The van der Waals surface area contributed by atoms with Crippen molar-refractivity contribution in [2.45, 2.75) is 38.3 Å². The zero-order chi connectivity index (χ0) is 17.7. The topological polar surface area (TPSA) is 71.2 Å². The molecule has 2 heterocycles. The van der Waals surface area contributed by atoms with E-state index < -0.39 is 5.54 Å². The summed E-state index contributed by atoms with van der Waals surface area (Å²) < 4.78 is 0. The first-order valence-electron chi connectivity index (χ1n) is 8.90. The molecule has 1 unspecified atom stereocenters. The molecule has 1 saturated heterocycles. The molecule has 27 heavy (non-hydrogen) atoms. The van der Waals surface area contributed by atoms with Crippen LogP contribution < -0.4 is 16.0 Å². The SMILES string of the molecule is CC(N)(C(=O)NCc1ccnc(N2CCCCC2)c1)c1ccccc1.Cl.Cl. The standard InChI is InChI=1S/C20H26N4O.2ClH/c1-20(21,17-8-4-2-5-9-17)19(25)23-15-16-10-11-22-18(14-16)24-12-6-3-7-13-24;;/h2,4-5,8-11,14H,3,6-7,12-13,15,21H2,1H3,(H,23,25);2*1H. The predicted molar refractivity (Wildman–Crippen MR) is 115 cm³/mol. The van der Waals surface area contributed by atoms with Crippen molar-refractivity contribution in [2.24, 2.45) is 5.73 Å². The fourth-order valence-corrected chi connectivity index (χ4v) is 3.15. The molecule has 1 fully saturated rings. The molecule has 148 valence electrons. The van der Waals surface area contributed by atoms with E-state index in [1.165, 1.54) is 19.3 Å². The van der Waals surface area contributed by atoms with Crippen molar-refractivity contribution < 1.29 is 4.79 Å². The molecule has 1 amide bonds. The lowest BCUT2D eigenvalue weighted by Crippen LogP contribution is -2.48. The maximum atomic E-state index is 12.6. The van der Waals surface area contributed by atoms with Crippen LogP contribution >= 0.6 is 24.8 Å². The van der Waals surface area contributed by atoms with E-state index in [4.69, 9.17) is 5.73 Å². The van der Waals surface area contributed by atoms with Crippen molar-refractivity contribution in [3.63, 3.8) is 0 Å². The van der Waals surface area contributed by atoms with E-state index in [1.54, 1.807) is 6.92 Å². The summed E-state index contributed by atoms with van der Waals surface area (Å²) in [5.74, 6) is 0.806. The Hall–Kier alpha value is -1.82. The van der Waals surface area contributed by atoms with E-state index in [0.29, 0.717) is 6.54 Å². The average molecular weight is 411 g/mol. The lowest BCUT2D eigenvalue weighted by molar-refractivity contribution is -0.126. The van der Waals surface area contributed by atoms with Gasteiger partial charge >= 0.3 is 0 Å². The molecular formula is C20H28Cl2N4O. The number of amides is 1. The second-order valence-corrected chi connectivity index (χ2v) is 6.82. The number of benzene rings is 1.